The van der Waals surface area contributed by atoms with E-state index in [4.69, 9.17) is 4.74 Å². The summed E-state index contributed by atoms with van der Waals surface area (Å²) in [5.41, 5.74) is 1.63. The molecule has 1 fully saturated rings. The summed E-state index contributed by atoms with van der Waals surface area (Å²) >= 11 is 0. The average molecular weight is 344 g/mol. The van der Waals surface area contributed by atoms with Gasteiger partial charge in [0.05, 0.1) is 24.1 Å². The molecule has 0 aliphatic carbocycles. The number of carbonyl (C=O) groups excluding carboxylic acids is 1. The van der Waals surface area contributed by atoms with Crippen LogP contribution in [0.4, 0.5) is 16.3 Å². The molecule has 0 radical (unpaired) electrons. The molecule has 3 heterocycles. The first-order valence-corrected chi connectivity index (χ1v) is 8.34. The molecule has 2 aromatic rings. The molecule has 8 nitrogen and oxygen atoms in total. The lowest BCUT2D eigenvalue weighted by atomic mass is 9.98. The van der Waals surface area contributed by atoms with Gasteiger partial charge in [-0.25, -0.2) is 9.78 Å². The highest BCUT2D eigenvalue weighted by Crippen LogP contribution is 2.28. The summed E-state index contributed by atoms with van der Waals surface area (Å²) in [5.74, 6) is 0.836. The Labute approximate surface area is 147 Å². The highest BCUT2D eigenvalue weighted by atomic mass is 16.5. The first-order valence-electron chi connectivity index (χ1n) is 8.34. The molecule has 3 rings (SSSR count). The number of nitrogens with one attached hydrogen (secondary N) is 2. The van der Waals surface area contributed by atoms with Crippen LogP contribution < -0.4 is 15.5 Å². The maximum atomic E-state index is 12.3. The Kier molecular flexibility index (Phi) is 5.18. The fourth-order valence-electron chi connectivity index (χ4n) is 2.90. The van der Waals surface area contributed by atoms with Gasteiger partial charge in [-0.15, -0.1) is 0 Å². The van der Waals surface area contributed by atoms with Crippen LogP contribution in [0, 0.1) is 0 Å². The third-order valence-corrected chi connectivity index (χ3v) is 4.16. The molecule has 2 atom stereocenters. The van der Waals surface area contributed by atoms with Gasteiger partial charge in [-0.05, 0) is 25.0 Å². The molecular weight excluding hydrogens is 320 g/mol. The summed E-state index contributed by atoms with van der Waals surface area (Å²) in [6.07, 6.45) is 6.96. The van der Waals surface area contributed by atoms with Crippen molar-refractivity contribution >= 4 is 17.5 Å². The maximum Gasteiger partial charge on any atom is 0.319 e. The number of ether oxygens (including phenoxy) is 1. The van der Waals surface area contributed by atoms with E-state index in [0.717, 1.165) is 24.2 Å². The molecule has 8 heteroatoms. The summed E-state index contributed by atoms with van der Waals surface area (Å²) in [6.45, 7) is 0.690. The molecule has 2 amide bonds. The molecule has 0 bridgehead atoms. The van der Waals surface area contributed by atoms with Crippen LogP contribution in [-0.2, 0) is 11.8 Å². The van der Waals surface area contributed by atoms with Crippen LogP contribution in [0.1, 0.15) is 24.5 Å². The normalized spacial score (nSPS) is 20.1. The van der Waals surface area contributed by atoms with E-state index in [0.29, 0.717) is 12.3 Å². The summed E-state index contributed by atoms with van der Waals surface area (Å²) in [7, 11) is 5.71. The molecule has 2 N–H and O–H groups in total. The number of nitrogens with zero attached hydrogens (tertiary/aromatic N) is 4. The van der Waals surface area contributed by atoms with Crippen molar-refractivity contribution in [1.29, 1.82) is 0 Å². The van der Waals surface area contributed by atoms with Crippen molar-refractivity contribution in [3.63, 3.8) is 0 Å². The summed E-state index contributed by atoms with van der Waals surface area (Å²) in [4.78, 5) is 18.5. The second-order valence-electron chi connectivity index (χ2n) is 6.39. The van der Waals surface area contributed by atoms with E-state index >= 15 is 0 Å². The van der Waals surface area contributed by atoms with Gasteiger partial charge in [-0.3, -0.25) is 4.68 Å². The van der Waals surface area contributed by atoms with Gasteiger partial charge in [0, 0.05) is 39.5 Å². The quantitative estimate of drug-likeness (QED) is 0.885. The van der Waals surface area contributed by atoms with Crippen LogP contribution in [0.5, 0.6) is 0 Å². The summed E-state index contributed by atoms with van der Waals surface area (Å²) in [5, 5.41) is 10.0. The van der Waals surface area contributed by atoms with Crippen molar-refractivity contribution < 1.29 is 9.53 Å². The van der Waals surface area contributed by atoms with Crippen LogP contribution in [0.2, 0.25) is 0 Å². The Balaban J connectivity index is 1.62. The maximum absolute atomic E-state index is 12.3. The molecule has 0 saturated carbocycles. The fourth-order valence-corrected chi connectivity index (χ4v) is 2.90. The standard InChI is InChI=1S/C17H24N6O2/c1-22(2)15-7-6-13(10-18-15)20-17(24)21-14-5-4-8-25-16(14)12-9-19-23(3)11-12/h6-7,9-11,14,16H,4-5,8H2,1-3H3,(H2,20,21,24)/t14-,16+/m0/s1. The first kappa shape index (κ1) is 17.2. The summed E-state index contributed by atoms with van der Waals surface area (Å²) in [6, 6.07) is 3.34. The lowest BCUT2D eigenvalue weighted by Crippen LogP contribution is -2.44. The Hall–Kier alpha value is -2.61. The van der Waals surface area contributed by atoms with E-state index in [1.807, 2.05) is 44.4 Å². The largest absolute Gasteiger partial charge is 0.371 e. The van der Waals surface area contributed by atoms with Gasteiger partial charge in [0.2, 0.25) is 0 Å². The van der Waals surface area contributed by atoms with E-state index < -0.39 is 0 Å². The molecular formula is C17H24N6O2. The molecule has 1 aliphatic heterocycles. The van der Waals surface area contributed by atoms with Crippen LogP contribution in [0.25, 0.3) is 0 Å². The molecule has 1 aliphatic rings. The van der Waals surface area contributed by atoms with E-state index in [9.17, 15) is 4.79 Å². The van der Waals surface area contributed by atoms with Crippen LogP contribution in [0.3, 0.4) is 0 Å². The van der Waals surface area contributed by atoms with Gasteiger partial charge in [0.1, 0.15) is 11.9 Å². The van der Waals surface area contributed by atoms with Crippen LogP contribution >= 0.6 is 0 Å². The van der Waals surface area contributed by atoms with Gasteiger partial charge in [0.15, 0.2) is 0 Å². The average Bonchev–Trinajstić information content (AvgIpc) is 3.02. The third kappa shape index (κ3) is 4.27. The highest BCUT2D eigenvalue weighted by molar-refractivity contribution is 5.89. The van der Waals surface area contributed by atoms with Crippen molar-refractivity contribution in [3.05, 3.63) is 36.3 Å². The monoisotopic (exact) mass is 344 g/mol. The second-order valence-corrected chi connectivity index (χ2v) is 6.39. The number of carbonyl (C=O) groups is 1. The van der Waals surface area contributed by atoms with Crippen molar-refractivity contribution in [2.45, 2.75) is 25.0 Å². The Morgan fingerprint density at radius 2 is 2.20 bits per heavy atom. The molecule has 134 valence electrons. The van der Waals surface area contributed by atoms with Crippen molar-refractivity contribution in [1.82, 2.24) is 20.1 Å². The Morgan fingerprint density at radius 3 is 2.84 bits per heavy atom. The number of hydrogen-bond acceptors (Lipinski definition) is 5. The topological polar surface area (TPSA) is 84.3 Å². The predicted octanol–water partition coefficient (Wildman–Crippen LogP) is 1.92. The van der Waals surface area contributed by atoms with E-state index in [2.05, 4.69) is 20.7 Å². The van der Waals surface area contributed by atoms with E-state index in [1.165, 1.54) is 0 Å². The molecule has 2 aromatic heterocycles. The van der Waals surface area contributed by atoms with Gasteiger partial charge in [-0.1, -0.05) is 0 Å². The number of amides is 2. The van der Waals surface area contributed by atoms with Gasteiger partial charge in [0.25, 0.3) is 0 Å². The van der Waals surface area contributed by atoms with E-state index in [-0.39, 0.29) is 18.2 Å². The number of urea groups is 1. The number of hydrogen-bond donors (Lipinski definition) is 2. The summed E-state index contributed by atoms with van der Waals surface area (Å²) < 4.78 is 7.61. The first-order chi connectivity index (χ1) is 12.0. The molecule has 0 spiro atoms. The number of aromatic nitrogens is 3. The highest BCUT2D eigenvalue weighted by Gasteiger charge is 2.29. The number of pyridine rings is 1. The zero-order chi connectivity index (χ0) is 17.8. The number of anilines is 2. The number of rotatable bonds is 4. The second kappa shape index (κ2) is 7.52. The van der Waals surface area contributed by atoms with Crippen molar-refractivity contribution in [2.24, 2.45) is 7.05 Å². The smallest absolute Gasteiger partial charge is 0.319 e. The minimum absolute atomic E-state index is 0.0908. The Morgan fingerprint density at radius 1 is 1.36 bits per heavy atom. The fraction of sp³-hybridized carbons (Fsp3) is 0.471. The SMILES string of the molecule is CN(C)c1ccc(NC(=O)N[C@H]2CCCO[C@@H]2c2cnn(C)c2)cn1. The van der Waals surface area contributed by atoms with Gasteiger partial charge >= 0.3 is 6.03 Å². The van der Waals surface area contributed by atoms with Crippen LogP contribution in [-0.4, -0.2) is 47.5 Å². The molecule has 0 unspecified atom stereocenters. The minimum atomic E-state index is -0.260. The van der Waals surface area contributed by atoms with Gasteiger partial charge in [-0.2, -0.15) is 5.10 Å². The van der Waals surface area contributed by atoms with Crippen molar-refractivity contribution in [2.75, 3.05) is 30.9 Å². The van der Waals surface area contributed by atoms with Crippen LogP contribution in [0.15, 0.2) is 30.7 Å². The van der Waals surface area contributed by atoms with E-state index in [1.54, 1.807) is 17.1 Å². The Bertz CT molecular complexity index is 712. The minimum Gasteiger partial charge on any atom is -0.371 e. The lowest BCUT2D eigenvalue weighted by Gasteiger charge is -2.31. The molecule has 1 saturated heterocycles. The van der Waals surface area contributed by atoms with Crippen molar-refractivity contribution in [3.8, 4) is 0 Å². The molecule has 0 aromatic carbocycles. The number of aryl methyl sites for hydroxylation is 1. The molecule has 25 heavy (non-hydrogen) atoms. The van der Waals surface area contributed by atoms with Gasteiger partial charge < -0.3 is 20.3 Å². The zero-order valence-electron chi connectivity index (χ0n) is 14.8. The third-order valence-electron chi connectivity index (χ3n) is 4.16. The predicted molar refractivity (Wildman–Crippen MR) is 95.6 cm³/mol. The zero-order valence-corrected chi connectivity index (χ0v) is 14.8. The lowest BCUT2D eigenvalue weighted by molar-refractivity contribution is -0.00700.